The Hall–Kier alpha value is -12.6. The fourth-order valence-corrected chi connectivity index (χ4v) is 15.0. The van der Waals surface area contributed by atoms with Crippen molar-refractivity contribution < 1.29 is 0 Å². The van der Waals surface area contributed by atoms with Gasteiger partial charge in [0, 0.05) is 55.2 Å². The van der Waals surface area contributed by atoms with Gasteiger partial charge in [0.1, 0.15) is 0 Å². The molecule has 0 amide bonds. The summed E-state index contributed by atoms with van der Waals surface area (Å²) in [5, 5.41) is 4.69. The van der Waals surface area contributed by atoms with E-state index in [1.165, 1.54) is 66.1 Å². The fourth-order valence-electron chi connectivity index (χ4n) is 15.0. The Kier molecular flexibility index (Phi) is 15.0. The molecule has 0 bridgehead atoms. The van der Waals surface area contributed by atoms with E-state index in [1.807, 2.05) is 0 Å². The molecule has 0 spiro atoms. The van der Waals surface area contributed by atoms with E-state index in [1.54, 1.807) is 0 Å². The first-order chi connectivity index (χ1) is 47.8. The largest absolute Gasteiger partial charge is 0.308 e. The van der Waals surface area contributed by atoms with Gasteiger partial charge in [0.25, 0.3) is 0 Å². The molecule has 96 heavy (non-hydrogen) atoms. The van der Waals surface area contributed by atoms with Crippen LogP contribution in [-0.4, -0.2) is 9.13 Å². The lowest BCUT2D eigenvalue weighted by molar-refractivity contribution is 1.07. The van der Waals surface area contributed by atoms with Crippen LogP contribution in [-0.2, 0) is 0 Å². The molecule has 2 nitrogen and oxygen atoms in total. The number of rotatable bonds is 14. The Bertz CT molecular complexity index is 4880. The maximum atomic E-state index is 2.59. The summed E-state index contributed by atoms with van der Waals surface area (Å²) in [5.41, 5.74) is 29.5. The summed E-state index contributed by atoms with van der Waals surface area (Å²) in [6, 6.07) is 143. The van der Waals surface area contributed by atoms with Crippen LogP contribution in [0.1, 0.15) is 0 Å². The molecule has 0 aliphatic carbocycles. The summed E-state index contributed by atoms with van der Waals surface area (Å²) in [6.07, 6.45) is 0. The molecular weight excluding hydrogens is 1160 g/mol. The van der Waals surface area contributed by atoms with Crippen molar-refractivity contribution in [3.63, 3.8) is 0 Å². The Morgan fingerprint density at radius 2 is 0.240 bits per heavy atom. The lowest BCUT2D eigenvalue weighted by Crippen LogP contribution is -2.03. The number of fused-ring (bicyclic) bond motifs is 2. The zero-order chi connectivity index (χ0) is 63.7. The third kappa shape index (κ3) is 9.99. The lowest BCUT2D eigenvalue weighted by Gasteiger charge is -2.24. The molecule has 0 atom stereocenters. The highest BCUT2D eigenvalue weighted by molar-refractivity contribution is 6.28. The van der Waals surface area contributed by atoms with E-state index < -0.39 is 0 Å². The zero-order valence-corrected chi connectivity index (χ0v) is 52.8. The maximum Gasteiger partial charge on any atom is 0.0620 e. The fraction of sp³-hybridized carbons (Fsp3) is 0. The highest BCUT2D eigenvalue weighted by Gasteiger charge is 2.35. The first-order valence-corrected chi connectivity index (χ1v) is 33.1. The summed E-state index contributed by atoms with van der Waals surface area (Å²) >= 11 is 0. The average Bonchev–Trinajstić information content (AvgIpc) is 1.55. The van der Waals surface area contributed by atoms with Crippen molar-refractivity contribution in [1.29, 1.82) is 0 Å². The molecule has 0 N–H and O–H groups in total. The van der Waals surface area contributed by atoms with Crippen molar-refractivity contribution in [3.8, 4) is 145 Å². The van der Waals surface area contributed by atoms with E-state index in [9.17, 15) is 0 Å². The van der Waals surface area contributed by atoms with Gasteiger partial charge in [0.15, 0.2) is 0 Å². The van der Waals surface area contributed by atoms with E-state index in [2.05, 4.69) is 397 Å². The van der Waals surface area contributed by atoms with Crippen LogP contribution < -0.4 is 0 Å². The molecule has 17 aromatic rings. The summed E-state index contributed by atoms with van der Waals surface area (Å²) in [7, 11) is 0. The Morgan fingerprint density at radius 3 is 0.385 bits per heavy atom. The van der Waals surface area contributed by atoms with Crippen molar-refractivity contribution in [2.24, 2.45) is 0 Å². The van der Waals surface area contributed by atoms with Gasteiger partial charge in [-0.1, -0.05) is 364 Å². The maximum absolute atomic E-state index is 2.59. The predicted octanol–water partition coefficient (Wildman–Crippen LogP) is 25.6. The van der Waals surface area contributed by atoms with Gasteiger partial charge in [-0.05, 0) is 113 Å². The van der Waals surface area contributed by atoms with Crippen molar-refractivity contribution in [1.82, 2.24) is 9.13 Å². The Labute approximate surface area is 560 Å². The van der Waals surface area contributed by atoms with Gasteiger partial charge < -0.3 is 9.13 Å². The second kappa shape index (κ2) is 25.1. The summed E-state index contributed by atoms with van der Waals surface area (Å²) < 4.78 is 5.17. The van der Waals surface area contributed by atoms with Gasteiger partial charge in [-0.25, -0.2) is 0 Å². The molecule has 450 valence electrons. The van der Waals surface area contributed by atoms with Crippen LogP contribution in [0.4, 0.5) is 0 Å². The minimum absolute atomic E-state index is 1.03. The van der Waals surface area contributed by atoms with Crippen LogP contribution in [0.25, 0.3) is 167 Å². The van der Waals surface area contributed by atoms with Crippen LogP contribution in [0.2, 0.25) is 0 Å². The molecule has 0 radical (unpaired) electrons. The molecule has 0 saturated carbocycles. The van der Waals surface area contributed by atoms with E-state index in [0.29, 0.717) is 0 Å². The highest BCUT2D eigenvalue weighted by Crippen LogP contribution is 2.59. The predicted molar refractivity (Wildman–Crippen MR) is 405 cm³/mol. The third-order valence-electron chi connectivity index (χ3n) is 18.9. The van der Waals surface area contributed by atoms with Gasteiger partial charge in [0.05, 0.1) is 22.8 Å². The van der Waals surface area contributed by atoms with Crippen LogP contribution >= 0.6 is 0 Å². The number of benzene rings is 15. The second-order valence-electron chi connectivity index (χ2n) is 24.5. The molecule has 2 aromatic heterocycles. The van der Waals surface area contributed by atoms with E-state index in [4.69, 9.17) is 0 Å². The molecule has 0 aliphatic rings. The molecule has 0 fully saturated rings. The normalized spacial score (nSPS) is 11.3. The minimum Gasteiger partial charge on any atom is -0.308 e. The summed E-state index contributed by atoms with van der Waals surface area (Å²) in [4.78, 5) is 0. The molecule has 0 unspecified atom stereocenters. The van der Waals surface area contributed by atoms with Crippen LogP contribution in [0.15, 0.2) is 388 Å². The molecule has 15 aromatic carbocycles. The van der Waals surface area contributed by atoms with Gasteiger partial charge in [-0.15, -0.1) is 0 Å². The van der Waals surface area contributed by atoms with Crippen LogP contribution in [0.5, 0.6) is 0 Å². The molecule has 17 rings (SSSR count). The Morgan fingerprint density at radius 1 is 0.115 bits per heavy atom. The molecule has 2 heterocycles. The number of aromatic nitrogens is 2. The van der Waals surface area contributed by atoms with Crippen LogP contribution in [0, 0.1) is 0 Å². The SMILES string of the molecule is c1ccc(-c2c(-c3ccccc3)c(-c3ccccc3)c3c(-c4ccccc4)n(-c4ccc(-n5c(-c6ccccc6)c6c(-c7ccccc7)c(-c7ccccc7)c(-c7ccccc7)c(-c7ccccc7)c6c5-c5ccccc5)cc4)c(-c4ccccc4)c3c2-c2ccccc2)cc1. The first kappa shape index (κ1) is 57.3. The van der Waals surface area contributed by atoms with Crippen molar-refractivity contribution in [2.75, 3.05) is 0 Å². The molecule has 0 aliphatic heterocycles. The molecule has 2 heteroatoms. The monoisotopic (exact) mass is 1220 g/mol. The topological polar surface area (TPSA) is 9.86 Å². The van der Waals surface area contributed by atoms with Crippen molar-refractivity contribution in [2.45, 2.75) is 0 Å². The van der Waals surface area contributed by atoms with Gasteiger partial charge in [-0.3, -0.25) is 0 Å². The number of hydrogen-bond donors (Lipinski definition) is 0. The third-order valence-corrected chi connectivity index (χ3v) is 18.9. The van der Waals surface area contributed by atoms with Gasteiger partial charge in [-0.2, -0.15) is 0 Å². The molecular formula is C94H64N2. The van der Waals surface area contributed by atoms with E-state index in [-0.39, 0.29) is 0 Å². The highest BCUT2D eigenvalue weighted by atomic mass is 15.0. The second-order valence-corrected chi connectivity index (χ2v) is 24.5. The Balaban J connectivity index is 1.07. The van der Waals surface area contributed by atoms with E-state index >= 15 is 0 Å². The van der Waals surface area contributed by atoms with Crippen LogP contribution in [0.3, 0.4) is 0 Å². The smallest absolute Gasteiger partial charge is 0.0620 e. The van der Waals surface area contributed by atoms with Gasteiger partial charge in [0.2, 0.25) is 0 Å². The quantitative estimate of drug-likeness (QED) is 0.103. The minimum atomic E-state index is 1.03. The van der Waals surface area contributed by atoms with E-state index in [0.717, 1.165) is 101 Å². The lowest BCUT2D eigenvalue weighted by atomic mass is 9.78. The average molecular weight is 1220 g/mol. The molecule has 0 saturated heterocycles. The number of nitrogens with zero attached hydrogens (tertiary/aromatic N) is 2. The van der Waals surface area contributed by atoms with Gasteiger partial charge >= 0.3 is 0 Å². The summed E-state index contributed by atoms with van der Waals surface area (Å²) in [5.74, 6) is 0. The standard InChI is InChI=1S/C94H64N2/c1-13-37-65(38-14-1)79-80(66-39-15-2-16-40-66)84(70-47-23-6-24-48-70)88-87(83(79)69-45-21-5-22-46-69)91(73-53-29-9-30-54-73)95(92(88)74-55-31-10-32-56-74)77-61-63-78(64-62-77)96-93(75-57-33-11-34-58-75)89-85(71-49-25-7-26-50-71)81(67-41-17-3-18-42-67)82(68-43-19-4-20-44-68)86(72-51-27-8-28-52-72)90(89)94(96)76-59-35-12-36-60-76/h1-64H. The summed E-state index contributed by atoms with van der Waals surface area (Å²) in [6.45, 7) is 0. The van der Waals surface area contributed by atoms with Crippen molar-refractivity contribution in [3.05, 3.63) is 388 Å². The first-order valence-electron chi connectivity index (χ1n) is 33.1. The van der Waals surface area contributed by atoms with Crippen molar-refractivity contribution >= 4 is 21.5 Å². The number of hydrogen-bond acceptors (Lipinski definition) is 0. The zero-order valence-electron chi connectivity index (χ0n) is 52.8.